The Bertz CT molecular complexity index is 485. The number of aromatic nitrogens is 1. The Morgan fingerprint density at radius 2 is 2.35 bits per heavy atom. The van der Waals surface area contributed by atoms with Crippen LogP contribution in [0.15, 0.2) is 29.9 Å². The molecule has 0 aliphatic heterocycles. The Balaban J connectivity index is 2.25. The van der Waals surface area contributed by atoms with Crippen molar-refractivity contribution < 1.29 is 4.39 Å². The highest BCUT2D eigenvalue weighted by molar-refractivity contribution is 7.09. The minimum absolute atomic E-state index is 0.227. The number of thiazole rings is 1. The van der Waals surface area contributed by atoms with Crippen LogP contribution < -0.4 is 11.3 Å². The maximum absolute atomic E-state index is 13.7. The molecule has 0 saturated heterocycles. The van der Waals surface area contributed by atoms with Crippen molar-refractivity contribution in [2.24, 2.45) is 5.84 Å². The lowest BCUT2D eigenvalue weighted by molar-refractivity contribution is 0.512. The van der Waals surface area contributed by atoms with E-state index in [-0.39, 0.29) is 11.9 Å². The predicted molar refractivity (Wildman–Crippen MR) is 67.0 cm³/mol. The fourth-order valence-corrected chi connectivity index (χ4v) is 2.37. The van der Waals surface area contributed by atoms with Gasteiger partial charge in [0.05, 0.1) is 11.6 Å². The molecule has 17 heavy (non-hydrogen) atoms. The molecule has 5 heteroatoms. The lowest BCUT2D eigenvalue weighted by atomic mass is 10.0. The fourth-order valence-electron chi connectivity index (χ4n) is 1.73. The Labute approximate surface area is 103 Å². The molecule has 0 spiro atoms. The summed E-state index contributed by atoms with van der Waals surface area (Å²) in [5.74, 6) is 5.27. The predicted octanol–water partition coefficient (Wildman–Crippen LogP) is 2.34. The van der Waals surface area contributed by atoms with Crippen LogP contribution >= 0.6 is 11.3 Å². The van der Waals surface area contributed by atoms with Crippen LogP contribution in [-0.2, 0) is 6.42 Å². The zero-order valence-corrected chi connectivity index (χ0v) is 10.3. The molecule has 0 radical (unpaired) electrons. The van der Waals surface area contributed by atoms with E-state index in [1.165, 1.54) is 6.07 Å². The van der Waals surface area contributed by atoms with Crippen LogP contribution in [0, 0.1) is 12.7 Å². The highest BCUT2D eigenvalue weighted by Gasteiger charge is 2.15. The summed E-state index contributed by atoms with van der Waals surface area (Å²) in [6.45, 7) is 1.93. The van der Waals surface area contributed by atoms with Crippen LogP contribution in [-0.4, -0.2) is 4.98 Å². The van der Waals surface area contributed by atoms with Crippen LogP contribution in [0.5, 0.6) is 0 Å². The van der Waals surface area contributed by atoms with Gasteiger partial charge in [0.2, 0.25) is 0 Å². The first-order valence-electron chi connectivity index (χ1n) is 5.30. The van der Waals surface area contributed by atoms with Gasteiger partial charge in [-0.3, -0.25) is 16.3 Å². The van der Waals surface area contributed by atoms with Crippen LogP contribution in [0.25, 0.3) is 0 Å². The third-order valence-electron chi connectivity index (χ3n) is 2.62. The van der Waals surface area contributed by atoms with Crippen LogP contribution in [0.4, 0.5) is 4.39 Å². The van der Waals surface area contributed by atoms with Gasteiger partial charge < -0.3 is 0 Å². The highest BCUT2D eigenvalue weighted by Crippen LogP contribution is 2.23. The number of nitrogens with two attached hydrogens (primary N) is 1. The molecule has 2 rings (SSSR count). The highest BCUT2D eigenvalue weighted by atomic mass is 32.1. The van der Waals surface area contributed by atoms with Gasteiger partial charge in [0.25, 0.3) is 0 Å². The lowest BCUT2D eigenvalue weighted by Gasteiger charge is -2.16. The number of aryl methyl sites for hydroxylation is 1. The van der Waals surface area contributed by atoms with E-state index in [4.69, 9.17) is 5.84 Å². The van der Waals surface area contributed by atoms with Crippen molar-refractivity contribution in [3.63, 3.8) is 0 Å². The average Bonchev–Trinajstić information content (AvgIpc) is 2.82. The third kappa shape index (κ3) is 2.88. The molecule has 1 aromatic heterocycles. The number of benzene rings is 1. The quantitative estimate of drug-likeness (QED) is 0.648. The van der Waals surface area contributed by atoms with Gasteiger partial charge in [-0.2, -0.15) is 0 Å². The van der Waals surface area contributed by atoms with Gasteiger partial charge in [0, 0.05) is 23.1 Å². The number of hydrogen-bond donors (Lipinski definition) is 2. The minimum atomic E-state index is -0.233. The Hall–Kier alpha value is -1.30. The second kappa shape index (κ2) is 5.35. The fraction of sp³-hybridized carbons (Fsp3) is 0.250. The molecule has 0 fully saturated rings. The molecule has 1 heterocycles. The van der Waals surface area contributed by atoms with Crippen molar-refractivity contribution in [3.8, 4) is 0 Å². The lowest BCUT2D eigenvalue weighted by Crippen LogP contribution is -2.30. The van der Waals surface area contributed by atoms with Crippen LogP contribution in [0.2, 0.25) is 0 Å². The SMILES string of the molecule is Cc1ccc(F)c(C(Cc2cncs2)NN)c1. The van der Waals surface area contributed by atoms with Gasteiger partial charge in [0.1, 0.15) is 5.82 Å². The molecule has 3 nitrogen and oxygen atoms in total. The number of nitrogens with one attached hydrogen (secondary N) is 1. The summed E-state index contributed by atoms with van der Waals surface area (Å²) in [4.78, 5) is 5.08. The molecule has 1 atom stereocenters. The molecule has 1 unspecified atom stereocenters. The Kier molecular flexibility index (Phi) is 3.83. The molecular weight excluding hydrogens is 237 g/mol. The van der Waals surface area contributed by atoms with Gasteiger partial charge in [-0.25, -0.2) is 4.39 Å². The average molecular weight is 251 g/mol. The van der Waals surface area contributed by atoms with E-state index in [0.29, 0.717) is 12.0 Å². The summed E-state index contributed by atoms with van der Waals surface area (Å²) in [6, 6.07) is 4.82. The van der Waals surface area contributed by atoms with Crippen molar-refractivity contribution in [1.82, 2.24) is 10.4 Å². The minimum Gasteiger partial charge on any atom is -0.271 e. The molecule has 0 bridgehead atoms. The summed E-state index contributed by atoms with van der Waals surface area (Å²) in [6.07, 6.45) is 2.42. The van der Waals surface area contributed by atoms with E-state index in [2.05, 4.69) is 10.4 Å². The smallest absolute Gasteiger partial charge is 0.128 e. The number of hydrazine groups is 1. The van der Waals surface area contributed by atoms with Crippen molar-refractivity contribution in [2.45, 2.75) is 19.4 Å². The zero-order valence-electron chi connectivity index (χ0n) is 9.48. The van der Waals surface area contributed by atoms with E-state index in [1.807, 2.05) is 13.0 Å². The summed E-state index contributed by atoms with van der Waals surface area (Å²) in [5.41, 5.74) is 6.04. The van der Waals surface area contributed by atoms with Gasteiger partial charge in [-0.1, -0.05) is 17.7 Å². The number of hydrogen-bond acceptors (Lipinski definition) is 4. The van der Waals surface area contributed by atoms with Gasteiger partial charge in [-0.05, 0) is 13.0 Å². The Morgan fingerprint density at radius 3 is 3.00 bits per heavy atom. The van der Waals surface area contributed by atoms with E-state index < -0.39 is 0 Å². The van der Waals surface area contributed by atoms with Crippen molar-refractivity contribution in [2.75, 3.05) is 0 Å². The number of halogens is 1. The van der Waals surface area contributed by atoms with Gasteiger partial charge >= 0.3 is 0 Å². The summed E-state index contributed by atoms with van der Waals surface area (Å²) in [7, 11) is 0. The summed E-state index contributed by atoms with van der Waals surface area (Å²) in [5, 5.41) is 0. The number of nitrogens with zero attached hydrogens (tertiary/aromatic N) is 1. The maximum atomic E-state index is 13.7. The van der Waals surface area contributed by atoms with Crippen molar-refractivity contribution in [1.29, 1.82) is 0 Å². The molecule has 2 aromatic rings. The molecule has 0 aliphatic rings. The topological polar surface area (TPSA) is 50.9 Å². The van der Waals surface area contributed by atoms with Gasteiger partial charge in [0.15, 0.2) is 0 Å². The molecular formula is C12H14FN3S. The second-order valence-electron chi connectivity index (χ2n) is 3.92. The third-order valence-corrected chi connectivity index (χ3v) is 3.42. The van der Waals surface area contributed by atoms with E-state index >= 15 is 0 Å². The van der Waals surface area contributed by atoms with Crippen LogP contribution in [0.1, 0.15) is 22.0 Å². The largest absolute Gasteiger partial charge is 0.271 e. The van der Waals surface area contributed by atoms with E-state index in [0.717, 1.165) is 10.4 Å². The number of rotatable bonds is 4. The maximum Gasteiger partial charge on any atom is 0.128 e. The van der Waals surface area contributed by atoms with Crippen molar-refractivity contribution in [3.05, 3.63) is 51.7 Å². The molecule has 90 valence electrons. The first kappa shape index (κ1) is 12.2. The first-order chi connectivity index (χ1) is 8.20. The van der Waals surface area contributed by atoms with Gasteiger partial charge in [-0.15, -0.1) is 11.3 Å². The molecule has 3 N–H and O–H groups in total. The van der Waals surface area contributed by atoms with Crippen LogP contribution in [0.3, 0.4) is 0 Å². The molecule has 0 amide bonds. The summed E-state index contributed by atoms with van der Waals surface area (Å²) >= 11 is 1.54. The van der Waals surface area contributed by atoms with E-state index in [1.54, 1.807) is 29.1 Å². The molecule has 1 aromatic carbocycles. The second-order valence-corrected chi connectivity index (χ2v) is 4.89. The van der Waals surface area contributed by atoms with Crippen molar-refractivity contribution >= 4 is 11.3 Å². The molecule has 0 aliphatic carbocycles. The first-order valence-corrected chi connectivity index (χ1v) is 6.18. The van der Waals surface area contributed by atoms with E-state index in [9.17, 15) is 4.39 Å². The standard InChI is InChI=1S/C12H14FN3S/c1-8-2-3-11(13)10(4-8)12(16-14)5-9-6-15-7-17-9/h2-4,6-7,12,16H,5,14H2,1H3. The normalized spacial score (nSPS) is 12.6. The Morgan fingerprint density at radius 1 is 1.53 bits per heavy atom. The molecule has 0 saturated carbocycles. The zero-order chi connectivity index (χ0) is 12.3. The summed E-state index contributed by atoms with van der Waals surface area (Å²) < 4.78 is 13.7. The monoisotopic (exact) mass is 251 g/mol.